The van der Waals surface area contributed by atoms with Gasteiger partial charge >= 0.3 is 0 Å². The fourth-order valence-electron chi connectivity index (χ4n) is 4.94. The van der Waals surface area contributed by atoms with Crippen molar-refractivity contribution in [1.82, 2.24) is 0 Å². The zero-order valence-electron chi connectivity index (χ0n) is 23.5. The van der Waals surface area contributed by atoms with E-state index in [9.17, 15) is 9.90 Å². The van der Waals surface area contributed by atoms with Crippen LogP contribution >= 0.6 is 12.4 Å². The van der Waals surface area contributed by atoms with Crippen molar-refractivity contribution in [1.29, 1.82) is 0 Å². The van der Waals surface area contributed by atoms with Gasteiger partial charge in [0.05, 0.1) is 12.3 Å². The number of hydrogen-bond acceptors (Lipinski definition) is 5. The van der Waals surface area contributed by atoms with Gasteiger partial charge in [-0.3, -0.25) is 4.79 Å². The monoisotopic (exact) mass is 566 g/mol. The molecule has 0 aliphatic carbocycles. The summed E-state index contributed by atoms with van der Waals surface area (Å²) in [5.74, 6) is 1.84. The minimum Gasteiger partial charge on any atom is -0.507 e. The van der Waals surface area contributed by atoms with Crippen LogP contribution in [0.4, 0.5) is 11.4 Å². The maximum absolute atomic E-state index is 12.5. The maximum atomic E-state index is 12.5. The molecule has 8 nitrogen and oxygen atoms in total. The number of halogens is 1. The van der Waals surface area contributed by atoms with Crippen molar-refractivity contribution in [3.05, 3.63) is 76.3 Å². The van der Waals surface area contributed by atoms with Gasteiger partial charge in [0.1, 0.15) is 22.8 Å². The third-order valence-electron chi connectivity index (χ3n) is 7.46. The number of fused-ring (bicyclic) bond motifs is 1. The number of ether oxygens (including phenoxy) is 2. The molecule has 0 aromatic heterocycles. The SMILES string of the molecule is Cc1c(C)c2c(c(C)c1O)CCC(C)(CCCCOc1ccc(NC(=O)c3ccc(N=C(N)N)cc3)cc1)O2.Cl. The number of hydrogen-bond donors (Lipinski definition) is 4. The van der Waals surface area contributed by atoms with Gasteiger partial charge in [0.15, 0.2) is 5.96 Å². The molecular weight excluding hydrogens is 528 g/mol. The third-order valence-corrected chi connectivity index (χ3v) is 7.46. The molecule has 1 heterocycles. The Balaban J connectivity index is 0.00000441. The van der Waals surface area contributed by atoms with Gasteiger partial charge < -0.3 is 31.4 Å². The number of benzene rings is 3. The van der Waals surface area contributed by atoms with Crippen LogP contribution in [0.1, 0.15) is 65.2 Å². The highest BCUT2D eigenvalue weighted by atomic mass is 35.5. The largest absolute Gasteiger partial charge is 0.507 e. The van der Waals surface area contributed by atoms with Crippen LogP contribution in [-0.2, 0) is 6.42 Å². The van der Waals surface area contributed by atoms with Gasteiger partial charge in [-0.25, -0.2) is 4.99 Å². The number of amides is 1. The highest BCUT2D eigenvalue weighted by Crippen LogP contribution is 2.44. The van der Waals surface area contributed by atoms with E-state index in [0.29, 0.717) is 29.3 Å². The number of nitrogens with zero attached hydrogens (tertiary/aromatic N) is 1. The summed E-state index contributed by atoms with van der Waals surface area (Å²) in [5.41, 5.74) is 16.3. The molecule has 6 N–H and O–H groups in total. The number of phenols is 1. The molecule has 1 atom stereocenters. The van der Waals surface area contributed by atoms with Crippen molar-refractivity contribution in [3.8, 4) is 17.2 Å². The number of nitrogens with two attached hydrogens (primary N) is 2. The lowest BCUT2D eigenvalue weighted by Crippen LogP contribution is -2.37. The number of anilines is 1. The molecule has 0 bridgehead atoms. The summed E-state index contributed by atoms with van der Waals surface area (Å²) in [5, 5.41) is 13.3. The Bertz CT molecular complexity index is 1370. The van der Waals surface area contributed by atoms with E-state index in [4.69, 9.17) is 20.9 Å². The Morgan fingerprint density at radius 3 is 2.35 bits per heavy atom. The maximum Gasteiger partial charge on any atom is 0.255 e. The van der Waals surface area contributed by atoms with Crippen LogP contribution in [0.25, 0.3) is 0 Å². The average Bonchev–Trinajstić information content (AvgIpc) is 2.91. The lowest BCUT2D eigenvalue weighted by Gasteiger charge is -2.38. The molecule has 9 heteroatoms. The lowest BCUT2D eigenvalue weighted by molar-refractivity contribution is 0.0513. The number of nitrogens with one attached hydrogen (secondary N) is 1. The summed E-state index contributed by atoms with van der Waals surface area (Å²) >= 11 is 0. The lowest BCUT2D eigenvalue weighted by atomic mass is 9.85. The van der Waals surface area contributed by atoms with E-state index < -0.39 is 0 Å². The van der Waals surface area contributed by atoms with Crippen molar-refractivity contribution in [2.24, 2.45) is 16.5 Å². The minimum atomic E-state index is -0.224. The number of unbranched alkanes of at least 4 members (excludes halogenated alkanes) is 1. The Morgan fingerprint density at radius 2 is 1.70 bits per heavy atom. The van der Waals surface area contributed by atoms with Crippen LogP contribution in [0.5, 0.6) is 17.2 Å². The summed E-state index contributed by atoms with van der Waals surface area (Å²) in [4.78, 5) is 16.5. The number of aromatic hydroxyl groups is 1. The Kier molecular flexibility index (Phi) is 9.93. The summed E-state index contributed by atoms with van der Waals surface area (Å²) in [6.07, 6.45) is 4.67. The van der Waals surface area contributed by atoms with Gasteiger partial charge in [-0.05, 0) is 125 Å². The quantitative estimate of drug-likeness (QED) is 0.138. The number of carbonyl (C=O) groups is 1. The summed E-state index contributed by atoms with van der Waals surface area (Å²) in [6.45, 7) is 8.72. The summed E-state index contributed by atoms with van der Waals surface area (Å²) in [7, 11) is 0. The van der Waals surface area contributed by atoms with Crippen LogP contribution in [-0.4, -0.2) is 29.2 Å². The Morgan fingerprint density at radius 1 is 1.02 bits per heavy atom. The second-order valence-electron chi connectivity index (χ2n) is 10.5. The molecule has 40 heavy (non-hydrogen) atoms. The first kappa shape index (κ1) is 30.6. The van der Waals surface area contributed by atoms with Crippen LogP contribution in [0.2, 0.25) is 0 Å². The zero-order chi connectivity index (χ0) is 28.2. The summed E-state index contributed by atoms with van der Waals surface area (Å²) in [6, 6.07) is 14.0. The predicted octanol–water partition coefficient (Wildman–Crippen LogP) is 6.23. The number of rotatable bonds is 9. The van der Waals surface area contributed by atoms with Crippen molar-refractivity contribution in [2.45, 2.75) is 65.4 Å². The number of carbonyl (C=O) groups excluding carboxylic acids is 1. The molecule has 4 rings (SSSR count). The van der Waals surface area contributed by atoms with Crippen molar-refractivity contribution < 1.29 is 19.4 Å². The van der Waals surface area contributed by atoms with Gasteiger partial charge in [-0.15, -0.1) is 12.4 Å². The minimum absolute atomic E-state index is 0. The molecule has 1 unspecified atom stereocenters. The van der Waals surface area contributed by atoms with E-state index in [-0.39, 0.29) is 29.9 Å². The second-order valence-corrected chi connectivity index (χ2v) is 10.5. The van der Waals surface area contributed by atoms with Crippen LogP contribution < -0.4 is 26.3 Å². The molecule has 3 aromatic rings. The molecule has 1 amide bonds. The fraction of sp³-hybridized carbons (Fsp3) is 0.355. The predicted molar refractivity (Wildman–Crippen MR) is 163 cm³/mol. The normalized spacial score (nSPS) is 15.7. The van der Waals surface area contributed by atoms with Gasteiger partial charge in [0.2, 0.25) is 0 Å². The van der Waals surface area contributed by atoms with E-state index in [0.717, 1.165) is 65.9 Å². The van der Waals surface area contributed by atoms with Gasteiger partial charge in [0, 0.05) is 16.8 Å². The first-order valence-corrected chi connectivity index (χ1v) is 13.3. The van der Waals surface area contributed by atoms with Crippen LogP contribution in [0.15, 0.2) is 53.5 Å². The highest BCUT2D eigenvalue weighted by molar-refractivity contribution is 6.04. The van der Waals surface area contributed by atoms with Crippen molar-refractivity contribution in [3.63, 3.8) is 0 Å². The smallest absolute Gasteiger partial charge is 0.255 e. The molecule has 0 radical (unpaired) electrons. The topological polar surface area (TPSA) is 132 Å². The van der Waals surface area contributed by atoms with E-state index in [1.807, 2.05) is 45.0 Å². The van der Waals surface area contributed by atoms with E-state index in [2.05, 4.69) is 17.2 Å². The molecular formula is C31H39ClN4O4. The number of aliphatic imine (C=N–C) groups is 1. The van der Waals surface area contributed by atoms with E-state index in [1.165, 1.54) is 0 Å². The van der Waals surface area contributed by atoms with Gasteiger partial charge in [0.25, 0.3) is 5.91 Å². The molecule has 1 aliphatic heterocycles. The Hall–Kier alpha value is -3.91. The van der Waals surface area contributed by atoms with E-state index >= 15 is 0 Å². The fourth-order valence-corrected chi connectivity index (χ4v) is 4.94. The molecule has 1 aliphatic rings. The van der Waals surface area contributed by atoms with Crippen molar-refractivity contribution >= 4 is 35.6 Å². The molecule has 0 spiro atoms. The van der Waals surface area contributed by atoms with Gasteiger partial charge in [-0.2, -0.15) is 0 Å². The zero-order valence-corrected chi connectivity index (χ0v) is 24.4. The number of phenolic OH excluding ortho intramolecular Hbond substituents is 1. The molecule has 0 saturated heterocycles. The second kappa shape index (κ2) is 13.0. The van der Waals surface area contributed by atoms with Gasteiger partial charge in [-0.1, -0.05) is 0 Å². The van der Waals surface area contributed by atoms with E-state index in [1.54, 1.807) is 24.3 Å². The standard InChI is InChI=1S/C31H38N4O4.ClH/c1-19-20(2)28-26(21(3)27(19)36)15-17-31(4,39-28)16-5-6-18-38-25-13-11-23(12-14-25)34-29(37)22-7-9-24(10-8-22)35-30(32)33;/h7-14,36H,5-6,15-18H2,1-4H3,(H,34,37)(H4,32,33,35);1H. The average molecular weight is 567 g/mol. The van der Waals surface area contributed by atoms with Crippen molar-refractivity contribution in [2.75, 3.05) is 11.9 Å². The molecule has 3 aromatic carbocycles. The Labute approximate surface area is 242 Å². The van der Waals surface area contributed by atoms with Crippen LogP contribution in [0, 0.1) is 20.8 Å². The third kappa shape index (κ3) is 7.18. The first-order chi connectivity index (χ1) is 18.6. The highest BCUT2D eigenvalue weighted by Gasteiger charge is 2.34. The van der Waals surface area contributed by atoms with Crippen LogP contribution in [0.3, 0.4) is 0 Å². The molecule has 214 valence electrons. The first-order valence-electron chi connectivity index (χ1n) is 13.3. The molecule has 0 saturated carbocycles. The number of guanidine groups is 1. The summed E-state index contributed by atoms with van der Waals surface area (Å²) < 4.78 is 12.5. The molecule has 0 fully saturated rings.